The summed E-state index contributed by atoms with van der Waals surface area (Å²) in [5.41, 5.74) is 0.868. The molecule has 0 aromatic rings. The minimum atomic E-state index is 0.708. The van der Waals surface area contributed by atoms with Gasteiger partial charge >= 0.3 is 0 Å². The Morgan fingerprint density at radius 1 is 1.33 bits per heavy atom. The van der Waals surface area contributed by atoms with Gasteiger partial charge in [-0.3, -0.25) is 0 Å². The van der Waals surface area contributed by atoms with Crippen LogP contribution >= 0.6 is 0 Å². The van der Waals surface area contributed by atoms with Crippen molar-refractivity contribution in [3.05, 3.63) is 0 Å². The van der Waals surface area contributed by atoms with Crippen molar-refractivity contribution in [2.24, 2.45) is 5.16 Å². The standard InChI is InChI=1S/C6H11NO2/c8-7-6-2-1-4-9-5-3-6/h8H,1-5H2/b7-6-. The summed E-state index contributed by atoms with van der Waals surface area (Å²) in [5, 5.41) is 11.5. The minimum absolute atomic E-state index is 0.708. The zero-order valence-corrected chi connectivity index (χ0v) is 5.34. The van der Waals surface area contributed by atoms with Gasteiger partial charge in [0.1, 0.15) is 0 Å². The molecule has 0 aromatic heterocycles. The van der Waals surface area contributed by atoms with E-state index in [4.69, 9.17) is 9.94 Å². The van der Waals surface area contributed by atoms with Crippen molar-refractivity contribution in [2.45, 2.75) is 19.3 Å². The Bertz CT molecular complexity index is 102. The van der Waals surface area contributed by atoms with E-state index in [1.165, 1.54) is 0 Å². The lowest BCUT2D eigenvalue weighted by molar-refractivity contribution is 0.146. The topological polar surface area (TPSA) is 41.8 Å². The van der Waals surface area contributed by atoms with Crippen LogP contribution in [0.3, 0.4) is 0 Å². The first-order chi connectivity index (χ1) is 4.43. The van der Waals surface area contributed by atoms with E-state index >= 15 is 0 Å². The molecule has 0 amide bonds. The third kappa shape index (κ3) is 2.01. The van der Waals surface area contributed by atoms with Crippen molar-refractivity contribution < 1.29 is 9.94 Å². The zero-order chi connectivity index (χ0) is 6.53. The highest BCUT2D eigenvalue weighted by Crippen LogP contribution is 2.03. The predicted molar refractivity (Wildman–Crippen MR) is 33.9 cm³/mol. The molecule has 1 saturated heterocycles. The molecule has 0 bridgehead atoms. The van der Waals surface area contributed by atoms with Gasteiger partial charge in [-0.1, -0.05) is 5.16 Å². The smallest absolute Gasteiger partial charge is 0.0594 e. The quantitative estimate of drug-likeness (QED) is 0.392. The summed E-state index contributed by atoms with van der Waals surface area (Å²) >= 11 is 0. The molecule has 0 aliphatic carbocycles. The molecule has 1 N–H and O–H groups in total. The van der Waals surface area contributed by atoms with Gasteiger partial charge in [-0.05, 0) is 12.8 Å². The van der Waals surface area contributed by atoms with Gasteiger partial charge in [0.2, 0.25) is 0 Å². The van der Waals surface area contributed by atoms with Crippen LogP contribution in [0.2, 0.25) is 0 Å². The van der Waals surface area contributed by atoms with Crippen molar-refractivity contribution >= 4 is 5.71 Å². The average Bonchev–Trinajstić information content (AvgIpc) is 2.13. The Balaban J connectivity index is 2.36. The lowest BCUT2D eigenvalue weighted by Gasteiger charge is -1.93. The lowest BCUT2D eigenvalue weighted by atomic mass is 10.2. The van der Waals surface area contributed by atoms with Gasteiger partial charge in [0, 0.05) is 13.0 Å². The van der Waals surface area contributed by atoms with Crippen molar-refractivity contribution in [3.8, 4) is 0 Å². The van der Waals surface area contributed by atoms with Crippen LogP contribution in [0.15, 0.2) is 5.16 Å². The molecule has 0 spiro atoms. The van der Waals surface area contributed by atoms with Crippen LogP contribution in [-0.2, 0) is 4.74 Å². The van der Waals surface area contributed by atoms with Gasteiger partial charge in [-0.15, -0.1) is 0 Å². The molecular weight excluding hydrogens is 118 g/mol. The van der Waals surface area contributed by atoms with E-state index in [9.17, 15) is 0 Å². The number of ether oxygens (including phenoxy) is 1. The van der Waals surface area contributed by atoms with Gasteiger partial charge in [-0.2, -0.15) is 0 Å². The molecule has 3 nitrogen and oxygen atoms in total. The van der Waals surface area contributed by atoms with E-state index in [2.05, 4.69) is 5.16 Å². The highest BCUT2D eigenvalue weighted by atomic mass is 16.5. The first-order valence-corrected chi connectivity index (χ1v) is 3.21. The van der Waals surface area contributed by atoms with Crippen LogP contribution in [0, 0.1) is 0 Å². The summed E-state index contributed by atoms with van der Waals surface area (Å²) in [4.78, 5) is 0. The van der Waals surface area contributed by atoms with E-state index in [1.807, 2.05) is 0 Å². The molecule has 1 fully saturated rings. The third-order valence-corrected chi connectivity index (χ3v) is 1.43. The van der Waals surface area contributed by atoms with Crippen LogP contribution < -0.4 is 0 Å². The van der Waals surface area contributed by atoms with Gasteiger partial charge in [0.25, 0.3) is 0 Å². The number of nitrogens with zero attached hydrogens (tertiary/aromatic N) is 1. The molecule has 1 rings (SSSR count). The summed E-state index contributed by atoms with van der Waals surface area (Å²) in [6.07, 6.45) is 2.66. The molecule has 0 unspecified atom stereocenters. The summed E-state index contributed by atoms with van der Waals surface area (Å²) in [6.45, 7) is 1.51. The maximum Gasteiger partial charge on any atom is 0.0594 e. The highest BCUT2D eigenvalue weighted by molar-refractivity contribution is 5.84. The Labute approximate surface area is 54.3 Å². The van der Waals surface area contributed by atoms with E-state index in [0.29, 0.717) is 6.61 Å². The van der Waals surface area contributed by atoms with Crippen molar-refractivity contribution in [1.82, 2.24) is 0 Å². The lowest BCUT2D eigenvalue weighted by Crippen LogP contribution is -1.97. The summed E-state index contributed by atoms with van der Waals surface area (Å²) in [7, 11) is 0. The van der Waals surface area contributed by atoms with Crippen LogP contribution in [0.25, 0.3) is 0 Å². The molecule has 9 heavy (non-hydrogen) atoms. The highest BCUT2D eigenvalue weighted by Gasteiger charge is 2.04. The van der Waals surface area contributed by atoms with Crippen LogP contribution in [0.4, 0.5) is 0 Å². The zero-order valence-electron chi connectivity index (χ0n) is 5.34. The molecule has 0 atom stereocenters. The van der Waals surface area contributed by atoms with E-state index in [-0.39, 0.29) is 0 Å². The van der Waals surface area contributed by atoms with Crippen LogP contribution in [0.1, 0.15) is 19.3 Å². The third-order valence-electron chi connectivity index (χ3n) is 1.43. The van der Waals surface area contributed by atoms with E-state index in [0.717, 1.165) is 31.6 Å². The van der Waals surface area contributed by atoms with E-state index < -0.39 is 0 Å². The Kier molecular flexibility index (Phi) is 2.51. The monoisotopic (exact) mass is 129 g/mol. The van der Waals surface area contributed by atoms with Gasteiger partial charge in [0.15, 0.2) is 0 Å². The fraction of sp³-hybridized carbons (Fsp3) is 0.833. The SMILES string of the molecule is O/N=C1/CCCOCC1. The second-order valence-electron chi connectivity index (χ2n) is 2.13. The Morgan fingerprint density at radius 3 is 3.00 bits per heavy atom. The fourth-order valence-corrected chi connectivity index (χ4v) is 0.895. The number of hydrogen-bond acceptors (Lipinski definition) is 3. The molecule has 1 aliphatic rings. The van der Waals surface area contributed by atoms with Gasteiger partial charge < -0.3 is 9.94 Å². The molecule has 3 heteroatoms. The molecule has 1 heterocycles. The first kappa shape index (κ1) is 6.55. The van der Waals surface area contributed by atoms with Crippen LogP contribution in [-0.4, -0.2) is 24.1 Å². The molecular formula is C6H11NO2. The molecule has 52 valence electrons. The average molecular weight is 129 g/mol. The normalized spacial score (nSPS) is 26.0. The largest absolute Gasteiger partial charge is 0.411 e. The second kappa shape index (κ2) is 3.45. The number of rotatable bonds is 0. The van der Waals surface area contributed by atoms with Crippen LogP contribution in [0.5, 0.6) is 0 Å². The molecule has 0 saturated carbocycles. The maximum atomic E-state index is 8.35. The fourth-order valence-electron chi connectivity index (χ4n) is 0.895. The first-order valence-electron chi connectivity index (χ1n) is 3.21. The second-order valence-corrected chi connectivity index (χ2v) is 2.13. The molecule has 0 aromatic carbocycles. The van der Waals surface area contributed by atoms with Crippen molar-refractivity contribution in [2.75, 3.05) is 13.2 Å². The van der Waals surface area contributed by atoms with Crippen molar-refractivity contribution in [1.29, 1.82) is 0 Å². The maximum absolute atomic E-state index is 8.35. The summed E-state index contributed by atoms with van der Waals surface area (Å²) < 4.78 is 5.13. The minimum Gasteiger partial charge on any atom is -0.411 e. The Morgan fingerprint density at radius 2 is 2.22 bits per heavy atom. The molecule has 0 radical (unpaired) electrons. The van der Waals surface area contributed by atoms with Gasteiger partial charge in [-0.25, -0.2) is 0 Å². The molecule has 1 aliphatic heterocycles. The van der Waals surface area contributed by atoms with Gasteiger partial charge in [0.05, 0.1) is 12.3 Å². The number of oxime groups is 1. The summed E-state index contributed by atoms with van der Waals surface area (Å²) in [5.74, 6) is 0. The van der Waals surface area contributed by atoms with E-state index in [1.54, 1.807) is 0 Å². The summed E-state index contributed by atoms with van der Waals surface area (Å²) in [6, 6.07) is 0. The Hall–Kier alpha value is -0.570. The predicted octanol–water partition coefficient (Wildman–Crippen LogP) is 1.02. The van der Waals surface area contributed by atoms with Crippen molar-refractivity contribution in [3.63, 3.8) is 0 Å². The number of hydrogen-bond donors (Lipinski definition) is 1.